The van der Waals surface area contributed by atoms with Crippen molar-refractivity contribution in [2.75, 3.05) is 6.61 Å². The summed E-state index contributed by atoms with van der Waals surface area (Å²) in [6, 6.07) is 0. The van der Waals surface area contributed by atoms with E-state index < -0.39 is 0 Å². The van der Waals surface area contributed by atoms with Crippen molar-refractivity contribution in [3.63, 3.8) is 0 Å². The van der Waals surface area contributed by atoms with Crippen molar-refractivity contribution in [1.82, 2.24) is 19.6 Å². The summed E-state index contributed by atoms with van der Waals surface area (Å²) >= 11 is 1.61. The van der Waals surface area contributed by atoms with E-state index in [4.69, 9.17) is 5.11 Å². The van der Waals surface area contributed by atoms with Crippen LogP contribution in [0, 0.1) is 0 Å². The Morgan fingerprint density at radius 3 is 3.27 bits per heavy atom. The van der Waals surface area contributed by atoms with Gasteiger partial charge in [-0.2, -0.15) is 0 Å². The van der Waals surface area contributed by atoms with Crippen LogP contribution in [0.1, 0.15) is 13.3 Å². The fourth-order valence-corrected chi connectivity index (χ4v) is 2.23. The van der Waals surface area contributed by atoms with Gasteiger partial charge in [-0.15, -0.1) is 10.2 Å². The summed E-state index contributed by atoms with van der Waals surface area (Å²) in [6.07, 6.45) is 5.94. The van der Waals surface area contributed by atoms with Crippen LogP contribution in [0.25, 0.3) is 5.65 Å². The zero-order valence-corrected chi connectivity index (χ0v) is 9.18. The molecule has 0 aliphatic carbocycles. The van der Waals surface area contributed by atoms with E-state index in [2.05, 4.69) is 22.1 Å². The van der Waals surface area contributed by atoms with Crippen molar-refractivity contribution in [3.05, 3.63) is 18.7 Å². The predicted molar refractivity (Wildman–Crippen MR) is 57.8 cm³/mol. The number of aliphatic hydroxyl groups is 1. The largest absolute Gasteiger partial charge is 0.396 e. The standard InChI is InChI=1S/C9H12N4OS/c1-7(2-5-14)15-9-8-12-11-6-13(8)4-3-10-9/h3-4,6-7,14H,2,5H2,1H3. The maximum Gasteiger partial charge on any atom is 0.193 e. The summed E-state index contributed by atoms with van der Waals surface area (Å²) in [5.74, 6) is 0. The molecule has 0 amide bonds. The van der Waals surface area contributed by atoms with Gasteiger partial charge in [0.05, 0.1) is 0 Å². The van der Waals surface area contributed by atoms with Gasteiger partial charge in [-0.05, 0) is 6.42 Å². The van der Waals surface area contributed by atoms with Gasteiger partial charge in [-0.1, -0.05) is 18.7 Å². The van der Waals surface area contributed by atoms with Crippen LogP contribution < -0.4 is 0 Å². The van der Waals surface area contributed by atoms with Gasteiger partial charge < -0.3 is 5.11 Å². The first-order valence-corrected chi connectivity index (χ1v) is 5.61. The van der Waals surface area contributed by atoms with Crippen molar-refractivity contribution in [3.8, 4) is 0 Å². The minimum Gasteiger partial charge on any atom is -0.396 e. The molecule has 15 heavy (non-hydrogen) atoms. The molecule has 0 aromatic carbocycles. The van der Waals surface area contributed by atoms with Crippen molar-refractivity contribution in [2.24, 2.45) is 0 Å². The van der Waals surface area contributed by atoms with Crippen molar-refractivity contribution in [2.45, 2.75) is 23.6 Å². The van der Waals surface area contributed by atoms with Gasteiger partial charge in [0.2, 0.25) is 0 Å². The van der Waals surface area contributed by atoms with Crippen LogP contribution in [0.5, 0.6) is 0 Å². The third-order valence-electron chi connectivity index (χ3n) is 2.03. The van der Waals surface area contributed by atoms with E-state index in [0.29, 0.717) is 5.25 Å². The maximum absolute atomic E-state index is 8.82. The molecule has 80 valence electrons. The van der Waals surface area contributed by atoms with Crippen LogP contribution in [0.3, 0.4) is 0 Å². The molecule has 5 nitrogen and oxygen atoms in total. The number of aliphatic hydroxyl groups excluding tert-OH is 1. The van der Waals surface area contributed by atoms with Crippen LogP contribution >= 0.6 is 11.8 Å². The Kier molecular flexibility index (Phi) is 3.17. The molecule has 1 N–H and O–H groups in total. The molecule has 0 saturated heterocycles. The Hall–Kier alpha value is -1.14. The smallest absolute Gasteiger partial charge is 0.193 e. The lowest BCUT2D eigenvalue weighted by molar-refractivity contribution is 0.289. The highest BCUT2D eigenvalue weighted by molar-refractivity contribution is 8.00. The molecule has 0 spiro atoms. The summed E-state index contributed by atoms with van der Waals surface area (Å²) in [6.45, 7) is 2.26. The molecule has 2 aromatic rings. The molecule has 6 heteroatoms. The van der Waals surface area contributed by atoms with Crippen LogP contribution in [-0.4, -0.2) is 36.5 Å². The first kappa shape index (κ1) is 10.4. The topological polar surface area (TPSA) is 63.3 Å². The van der Waals surface area contributed by atoms with E-state index in [9.17, 15) is 0 Å². The van der Waals surface area contributed by atoms with E-state index in [1.54, 1.807) is 24.3 Å². The third kappa shape index (κ3) is 2.27. The lowest BCUT2D eigenvalue weighted by Gasteiger charge is -2.08. The summed E-state index contributed by atoms with van der Waals surface area (Å²) in [5.41, 5.74) is 0.771. The minimum absolute atomic E-state index is 0.198. The molecule has 1 unspecified atom stereocenters. The fourth-order valence-electron chi connectivity index (χ4n) is 1.25. The van der Waals surface area contributed by atoms with Crippen molar-refractivity contribution in [1.29, 1.82) is 0 Å². The fraction of sp³-hybridized carbons (Fsp3) is 0.444. The highest BCUT2D eigenvalue weighted by atomic mass is 32.2. The van der Waals surface area contributed by atoms with Crippen LogP contribution in [0.4, 0.5) is 0 Å². The Morgan fingerprint density at radius 2 is 2.47 bits per heavy atom. The average molecular weight is 224 g/mol. The van der Waals surface area contributed by atoms with E-state index in [1.807, 2.05) is 10.6 Å². The molecule has 0 saturated carbocycles. The van der Waals surface area contributed by atoms with Crippen LogP contribution in [-0.2, 0) is 0 Å². The maximum atomic E-state index is 8.82. The summed E-state index contributed by atoms with van der Waals surface area (Å²) in [7, 11) is 0. The van der Waals surface area contributed by atoms with Gasteiger partial charge in [0.1, 0.15) is 11.4 Å². The molecule has 1 atom stereocenters. The third-order valence-corrected chi connectivity index (χ3v) is 3.18. The Bertz CT molecular complexity index is 444. The highest BCUT2D eigenvalue weighted by Gasteiger charge is 2.09. The van der Waals surface area contributed by atoms with E-state index in [-0.39, 0.29) is 6.61 Å². The Morgan fingerprint density at radius 1 is 1.60 bits per heavy atom. The molecule has 2 heterocycles. The molecular weight excluding hydrogens is 212 g/mol. The first-order chi connectivity index (χ1) is 7.31. The molecule has 0 radical (unpaired) electrons. The number of fused-ring (bicyclic) bond motifs is 1. The zero-order chi connectivity index (χ0) is 10.7. The second-order valence-electron chi connectivity index (χ2n) is 3.23. The number of rotatable bonds is 4. The van der Waals surface area contributed by atoms with Gasteiger partial charge in [-0.25, -0.2) is 4.98 Å². The van der Waals surface area contributed by atoms with E-state index in [0.717, 1.165) is 17.1 Å². The number of hydrogen-bond donors (Lipinski definition) is 1. The highest BCUT2D eigenvalue weighted by Crippen LogP contribution is 2.25. The number of thioether (sulfide) groups is 1. The molecule has 0 fully saturated rings. The van der Waals surface area contributed by atoms with Gasteiger partial charge in [-0.3, -0.25) is 4.40 Å². The SMILES string of the molecule is CC(CCO)Sc1nccn2cnnc12. The monoisotopic (exact) mass is 224 g/mol. The lowest BCUT2D eigenvalue weighted by atomic mass is 10.3. The van der Waals surface area contributed by atoms with Crippen LogP contribution in [0.15, 0.2) is 23.7 Å². The molecule has 0 aliphatic rings. The molecule has 0 aliphatic heterocycles. The molecular formula is C9H12N4OS. The van der Waals surface area contributed by atoms with Gasteiger partial charge in [0, 0.05) is 24.3 Å². The Labute approximate surface area is 91.6 Å². The first-order valence-electron chi connectivity index (χ1n) is 4.73. The quantitative estimate of drug-likeness (QED) is 0.784. The molecule has 2 aromatic heterocycles. The van der Waals surface area contributed by atoms with E-state index >= 15 is 0 Å². The second kappa shape index (κ2) is 4.59. The molecule has 0 bridgehead atoms. The normalized spacial score (nSPS) is 13.2. The van der Waals surface area contributed by atoms with Crippen molar-refractivity contribution >= 4 is 17.4 Å². The zero-order valence-electron chi connectivity index (χ0n) is 8.37. The van der Waals surface area contributed by atoms with Crippen molar-refractivity contribution < 1.29 is 5.11 Å². The number of nitrogens with zero attached hydrogens (tertiary/aromatic N) is 4. The summed E-state index contributed by atoms with van der Waals surface area (Å²) < 4.78 is 1.83. The van der Waals surface area contributed by atoms with Crippen LogP contribution in [0.2, 0.25) is 0 Å². The van der Waals surface area contributed by atoms with Gasteiger partial charge >= 0.3 is 0 Å². The minimum atomic E-state index is 0.198. The average Bonchev–Trinajstić information content (AvgIpc) is 2.67. The summed E-state index contributed by atoms with van der Waals surface area (Å²) in [4.78, 5) is 4.26. The van der Waals surface area contributed by atoms with E-state index in [1.165, 1.54) is 0 Å². The molecule has 2 rings (SSSR count). The number of aromatic nitrogens is 4. The second-order valence-corrected chi connectivity index (χ2v) is 4.66. The summed E-state index contributed by atoms with van der Waals surface area (Å²) in [5, 5.41) is 17.8. The van der Waals surface area contributed by atoms with Gasteiger partial charge in [0.15, 0.2) is 5.65 Å². The predicted octanol–water partition coefficient (Wildman–Crippen LogP) is 0.987. The van der Waals surface area contributed by atoms with Gasteiger partial charge in [0.25, 0.3) is 0 Å². The lowest BCUT2D eigenvalue weighted by Crippen LogP contribution is -2.01. The Balaban J connectivity index is 2.23. The number of hydrogen-bond acceptors (Lipinski definition) is 5.